The normalized spacial score (nSPS) is 17.2. The average Bonchev–Trinajstić information content (AvgIpc) is 3.01. The van der Waals surface area contributed by atoms with E-state index in [1.165, 1.54) is 12.1 Å². The predicted molar refractivity (Wildman–Crippen MR) is 110 cm³/mol. The van der Waals surface area contributed by atoms with Crippen LogP contribution in [0.3, 0.4) is 0 Å². The molecule has 0 radical (unpaired) electrons. The Morgan fingerprint density at radius 2 is 1.76 bits per heavy atom. The largest absolute Gasteiger partial charge is 0.337 e. The van der Waals surface area contributed by atoms with Crippen LogP contribution in [0.25, 0.3) is 0 Å². The van der Waals surface area contributed by atoms with Gasteiger partial charge in [0.2, 0.25) is 5.91 Å². The molecule has 4 rings (SSSR count). The molecule has 0 spiro atoms. The molecule has 2 aromatic carbocycles. The number of hydrogen-bond donors (Lipinski definition) is 0. The topological polar surface area (TPSA) is 43.9 Å². The van der Waals surface area contributed by atoms with Crippen LogP contribution in [0, 0.1) is 5.82 Å². The fourth-order valence-corrected chi connectivity index (χ4v) is 4.22. The molecule has 152 valence electrons. The maximum absolute atomic E-state index is 13.1. The number of nitrogens with zero attached hydrogens (tertiary/aromatic N) is 3. The molecular weight excluding hydrogens is 369 g/mol. The highest BCUT2D eigenvalue weighted by Crippen LogP contribution is 2.29. The fraction of sp³-hybridized carbons (Fsp3) is 0.391. The number of fused-ring (bicyclic) bond motifs is 1. The van der Waals surface area contributed by atoms with Gasteiger partial charge in [-0.1, -0.05) is 12.1 Å². The Bertz CT molecular complexity index is 913. The molecule has 2 heterocycles. The van der Waals surface area contributed by atoms with Crippen molar-refractivity contribution >= 4 is 17.5 Å². The summed E-state index contributed by atoms with van der Waals surface area (Å²) in [6.45, 7) is 6.15. The van der Waals surface area contributed by atoms with Gasteiger partial charge in [-0.15, -0.1) is 0 Å². The first kappa shape index (κ1) is 19.6. The number of amides is 2. The van der Waals surface area contributed by atoms with E-state index in [1.54, 1.807) is 11.8 Å². The van der Waals surface area contributed by atoms with E-state index < -0.39 is 0 Å². The Morgan fingerprint density at radius 3 is 2.52 bits per heavy atom. The summed E-state index contributed by atoms with van der Waals surface area (Å²) in [7, 11) is 0. The first-order chi connectivity index (χ1) is 14.0. The van der Waals surface area contributed by atoms with Crippen LogP contribution in [0.15, 0.2) is 42.5 Å². The minimum Gasteiger partial charge on any atom is -0.337 e. The molecule has 2 aliphatic rings. The molecule has 2 amide bonds. The number of carbonyl (C=O) groups excluding carboxylic acids is 2. The molecule has 1 saturated heterocycles. The molecule has 0 aliphatic carbocycles. The van der Waals surface area contributed by atoms with Crippen molar-refractivity contribution in [1.82, 2.24) is 9.80 Å². The van der Waals surface area contributed by atoms with E-state index in [2.05, 4.69) is 4.90 Å². The first-order valence-electron chi connectivity index (χ1n) is 10.2. The Balaban J connectivity index is 1.40. The third-order valence-electron chi connectivity index (χ3n) is 5.80. The predicted octanol–water partition coefficient (Wildman–Crippen LogP) is 3.08. The Morgan fingerprint density at radius 1 is 0.966 bits per heavy atom. The van der Waals surface area contributed by atoms with Gasteiger partial charge < -0.3 is 9.80 Å². The van der Waals surface area contributed by atoms with Crippen LogP contribution < -0.4 is 4.90 Å². The molecule has 0 aromatic heterocycles. The molecule has 2 aromatic rings. The molecule has 2 aliphatic heterocycles. The van der Waals surface area contributed by atoms with Gasteiger partial charge in [0.1, 0.15) is 5.82 Å². The van der Waals surface area contributed by atoms with Crippen molar-refractivity contribution in [3.8, 4) is 0 Å². The van der Waals surface area contributed by atoms with Crippen molar-refractivity contribution in [1.29, 1.82) is 0 Å². The van der Waals surface area contributed by atoms with Gasteiger partial charge in [-0.05, 0) is 54.3 Å². The lowest BCUT2D eigenvalue weighted by Crippen LogP contribution is -2.35. The third-order valence-corrected chi connectivity index (χ3v) is 5.80. The number of anilines is 1. The summed E-state index contributed by atoms with van der Waals surface area (Å²) in [4.78, 5) is 30.8. The smallest absolute Gasteiger partial charge is 0.253 e. The lowest BCUT2D eigenvalue weighted by Gasteiger charge is -2.22. The van der Waals surface area contributed by atoms with Crippen molar-refractivity contribution in [2.75, 3.05) is 37.6 Å². The Hall–Kier alpha value is -2.73. The maximum Gasteiger partial charge on any atom is 0.253 e. The number of halogens is 1. The second-order valence-electron chi connectivity index (χ2n) is 7.81. The van der Waals surface area contributed by atoms with Crippen LogP contribution in [-0.2, 0) is 17.8 Å². The quantitative estimate of drug-likeness (QED) is 0.802. The summed E-state index contributed by atoms with van der Waals surface area (Å²) in [5.74, 6) is -0.128. The standard InChI is InChI=1S/C23H26FN3O2/c1-17(28)27-12-9-19-15-20(5-8-22(19)27)23(29)26-11-2-10-25(13-14-26)16-18-3-6-21(24)7-4-18/h3-8,15H,2,9-14,16H2,1H3. The zero-order valence-electron chi connectivity index (χ0n) is 16.7. The zero-order chi connectivity index (χ0) is 20.4. The highest BCUT2D eigenvalue weighted by Gasteiger charge is 2.25. The summed E-state index contributed by atoms with van der Waals surface area (Å²) in [5, 5.41) is 0. The van der Waals surface area contributed by atoms with Crippen LogP contribution in [0.1, 0.15) is 34.8 Å². The van der Waals surface area contributed by atoms with E-state index in [4.69, 9.17) is 0 Å². The Labute approximate surface area is 170 Å². The van der Waals surface area contributed by atoms with Crippen molar-refractivity contribution in [3.05, 3.63) is 65.0 Å². The maximum atomic E-state index is 13.1. The lowest BCUT2D eigenvalue weighted by atomic mass is 10.1. The summed E-state index contributed by atoms with van der Waals surface area (Å²) in [6, 6.07) is 12.3. The van der Waals surface area contributed by atoms with Gasteiger partial charge in [0.25, 0.3) is 5.91 Å². The lowest BCUT2D eigenvalue weighted by molar-refractivity contribution is -0.116. The van der Waals surface area contributed by atoms with E-state index >= 15 is 0 Å². The second-order valence-corrected chi connectivity index (χ2v) is 7.81. The minimum atomic E-state index is -0.220. The summed E-state index contributed by atoms with van der Waals surface area (Å²) in [5.41, 5.74) is 3.77. The molecule has 5 nitrogen and oxygen atoms in total. The molecule has 0 atom stereocenters. The van der Waals surface area contributed by atoms with E-state index in [1.807, 2.05) is 35.2 Å². The molecule has 0 unspecified atom stereocenters. The van der Waals surface area contributed by atoms with Crippen LogP contribution >= 0.6 is 0 Å². The number of rotatable bonds is 3. The fourth-order valence-electron chi connectivity index (χ4n) is 4.22. The van der Waals surface area contributed by atoms with Gasteiger partial charge >= 0.3 is 0 Å². The summed E-state index contributed by atoms with van der Waals surface area (Å²) in [6.07, 6.45) is 1.71. The summed E-state index contributed by atoms with van der Waals surface area (Å²) >= 11 is 0. The van der Waals surface area contributed by atoms with Gasteiger partial charge in [0, 0.05) is 57.4 Å². The van der Waals surface area contributed by atoms with Gasteiger partial charge in [-0.25, -0.2) is 4.39 Å². The second kappa shape index (κ2) is 8.33. The van der Waals surface area contributed by atoms with Gasteiger partial charge in [0.15, 0.2) is 0 Å². The van der Waals surface area contributed by atoms with E-state index in [0.717, 1.165) is 55.8 Å². The van der Waals surface area contributed by atoms with Crippen LogP contribution in [0.5, 0.6) is 0 Å². The zero-order valence-corrected chi connectivity index (χ0v) is 16.7. The van der Waals surface area contributed by atoms with Crippen molar-refractivity contribution in [2.45, 2.75) is 26.3 Å². The monoisotopic (exact) mass is 395 g/mol. The van der Waals surface area contributed by atoms with E-state index in [9.17, 15) is 14.0 Å². The highest BCUT2D eigenvalue weighted by molar-refractivity contribution is 5.97. The Kier molecular flexibility index (Phi) is 5.62. The van der Waals surface area contributed by atoms with E-state index in [0.29, 0.717) is 18.7 Å². The molecule has 29 heavy (non-hydrogen) atoms. The first-order valence-corrected chi connectivity index (χ1v) is 10.2. The molecule has 0 bridgehead atoms. The highest BCUT2D eigenvalue weighted by atomic mass is 19.1. The van der Waals surface area contributed by atoms with E-state index in [-0.39, 0.29) is 17.6 Å². The molecule has 1 fully saturated rings. The number of hydrogen-bond acceptors (Lipinski definition) is 3. The minimum absolute atomic E-state index is 0.0385. The average molecular weight is 395 g/mol. The van der Waals surface area contributed by atoms with Crippen LogP contribution in [0.2, 0.25) is 0 Å². The summed E-state index contributed by atoms with van der Waals surface area (Å²) < 4.78 is 13.1. The molecule has 6 heteroatoms. The van der Waals surface area contributed by atoms with Gasteiger partial charge in [-0.3, -0.25) is 14.5 Å². The van der Waals surface area contributed by atoms with Crippen molar-refractivity contribution in [2.24, 2.45) is 0 Å². The van der Waals surface area contributed by atoms with Crippen LogP contribution in [0.4, 0.5) is 10.1 Å². The van der Waals surface area contributed by atoms with Gasteiger partial charge in [0.05, 0.1) is 0 Å². The van der Waals surface area contributed by atoms with Gasteiger partial charge in [-0.2, -0.15) is 0 Å². The SMILES string of the molecule is CC(=O)N1CCc2cc(C(=O)N3CCCN(Cc4ccc(F)cc4)CC3)ccc21. The molecule has 0 saturated carbocycles. The van der Waals surface area contributed by atoms with Crippen molar-refractivity contribution in [3.63, 3.8) is 0 Å². The third kappa shape index (κ3) is 4.32. The molecular formula is C23H26FN3O2. The number of carbonyl (C=O) groups is 2. The number of benzene rings is 2. The van der Waals surface area contributed by atoms with Crippen molar-refractivity contribution < 1.29 is 14.0 Å². The van der Waals surface area contributed by atoms with Crippen LogP contribution in [-0.4, -0.2) is 54.3 Å². The molecule has 0 N–H and O–H groups in total.